The quantitative estimate of drug-likeness (QED) is 0.835. The summed E-state index contributed by atoms with van der Waals surface area (Å²) < 4.78 is 5.56. The fourth-order valence-corrected chi connectivity index (χ4v) is 1.40. The average Bonchev–Trinajstić information content (AvgIpc) is 2.07. The summed E-state index contributed by atoms with van der Waals surface area (Å²) in [6.07, 6.45) is 0.302. The standard InChI is InChI=1S/C11H15ClO2/c1-8(13)7-9(2)14-11-5-3-10(12)4-6-11/h3-6,8-9,13H,7H2,1-2H3/t8-,9+/m1/s1. The highest BCUT2D eigenvalue weighted by molar-refractivity contribution is 6.30. The van der Waals surface area contributed by atoms with Crippen molar-refractivity contribution in [3.8, 4) is 5.75 Å². The molecule has 2 atom stereocenters. The fourth-order valence-electron chi connectivity index (χ4n) is 1.27. The van der Waals surface area contributed by atoms with Gasteiger partial charge in [0.05, 0.1) is 12.2 Å². The average molecular weight is 215 g/mol. The zero-order valence-electron chi connectivity index (χ0n) is 8.40. The van der Waals surface area contributed by atoms with Crippen molar-refractivity contribution in [2.75, 3.05) is 0 Å². The smallest absolute Gasteiger partial charge is 0.119 e. The van der Waals surface area contributed by atoms with E-state index in [-0.39, 0.29) is 12.2 Å². The van der Waals surface area contributed by atoms with Crippen LogP contribution in [0.25, 0.3) is 0 Å². The van der Waals surface area contributed by atoms with Crippen molar-refractivity contribution >= 4 is 11.6 Å². The largest absolute Gasteiger partial charge is 0.491 e. The normalized spacial score (nSPS) is 14.9. The van der Waals surface area contributed by atoms with Gasteiger partial charge in [-0.25, -0.2) is 0 Å². The minimum Gasteiger partial charge on any atom is -0.491 e. The van der Waals surface area contributed by atoms with Crippen molar-refractivity contribution in [1.82, 2.24) is 0 Å². The number of ether oxygens (including phenoxy) is 1. The van der Waals surface area contributed by atoms with Crippen LogP contribution in [0, 0.1) is 0 Å². The molecule has 0 aromatic heterocycles. The Labute approximate surface area is 89.5 Å². The van der Waals surface area contributed by atoms with Crippen LogP contribution < -0.4 is 4.74 Å². The second-order valence-corrected chi connectivity index (χ2v) is 3.90. The molecule has 0 radical (unpaired) electrons. The lowest BCUT2D eigenvalue weighted by atomic mass is 10.2. The van der Waals surface area contributed by atoms with E-state index < -0.39 is 0 Å². The van der Waals surface area contributed by atoms with E-state index >= 15 is 0 Å². The lowest BCUT2D eigenvalue weighted by molar-refractivity contribution is 0.115. The Balaban J connectivity index is 2.47. The van der Waals surface area contributed by atoms with Crippen molar-refractivity contribution in [1.29, 1.82) is 0 Å². The van der Waals surface area contributed by atoms with Crippen molar-refractivity contribution in [3.63, 3.8) is 0 Å². The van der Waals surface area contributed by atoms with E-state index in [1.807, 2.05) is 19.1 Å². The molecule has 1 rings (SSSR count). The highest BCUT2D eigenvalue weighted by Gasteiger charge is 2.07. The molecule has 0 unspecified atom stereocenters. The molecule has 1 aromatic carbocycles. The molecule has 78 valence electrons. The van der Waals surface area contributed by atoms with E-state index in [1.165, 1.54) is 0 Å². The van der Waals surface area contributed by atoms with Gasteiger partial charge in [-0.15, -0.1) is 0 Å². The van der Waals surface area contributed by atoms with Crippen LogP contribution in [-0.2, 0) is 0 Å². The maximum absolute atomic E-state index is 9.14. The first kappa shape index (κ1) is 11.3. The van der Waals surface area contributed by atoms with Crippen molar-refractivity contribution in [2.45, 2.75) is 32.5 Å². The number of hydrogen-bond donors (Lipinski definition) is 1. The Hall–Kier alpha value is -0.730. The lowest BCUT2D eigenvalue weighted by Gasteiger charge is -2.15. The highest BCUT2D eigenvalue weighted by Crippen LogP contribution is 2.17. The molecule has 0 fully saturated rings. The Bertz CT molecular complexity index is 269. The molecule has 0 saturated carbocycles. The number of aliphatic hydroxyl groups is 1. The van der Waals surface area contributed by atoms with Gasteiger partial charge in [0, 0.05) is 11.4 Å². The highest BCUT2D eigenvalue weighted by atomic mass is 35.5. The monoisotopic (exact) mass is 214 g/mol. The number of hydrogen-bond acceptors (Lipinski definition) is 2. The third-order valence-corrected chi connectivity index (χ3v) is 2.08. The van der Waals surface area contributed by atoms with E-state index in [4.69, 9.17) is 21.4 Å². The van der Waals surface area contributed by atoms with E-state index in [0.717, 1.165) is 5.75 Å². The van der Waals surface area contributed by atoms with Crippen LogP contribution in [0.15, 0.2) is 24.3 Å². The minimum absolute atomic E-state index is 0.0103. The molecule has 0 aliphatic rings. The van der Waals surface area contributed by atoms with Gasteiger partial charge >= 0.3 is 0 Å². The van der Waals surface area contributed by atoms with Gasteiger partial charge < -0.3 is 9.84 Å². The van der Waals surface area contributed by atoms with E-state index in [9.17, 15) is 0 Å². The number of rotatable bonds is 4. The number of aliphatic hydroxyl groups excluding tert-OH is 1. The maximum Gasteiger partial charge on any atom is 0.119 e. The molecule has 0 bridgehead atoms. The number of halogens is 1. The van der Waals surface area contributed by atoms with Gasteiger partial charge in [0.15, 0.2) is 0 Å². The first-order valence-corrected chi connectivity index (χ1v) is 5.06. The van der Waals surface area contributed by atoms with Crippen molar-refractivity contribution < 1.29 is 9.84 Å². The molecule has 0 amide bonds. The summed E-state index contributed by atoms with van der Waals surface area (Å²) >= 11 is 5.74. The molecule has 0 aliphatic carbocycles. The van der Waals surface area contributed by atoms with Crippen LogP contribution >= 0.6 is 11.6 Å². The molecule has 0 spiro atoms. The van der Waals surface area contributed by atoms with Crippen LogP contribution in [0.4, 0.5) is 0 Å². The van der Waals surface area contributed by atoms with Crippen LogP contribution in [0.3, 0.4) is 0 Å². The molecular weight excluding hydrogens is 200 g/mol. The Morgan fingerprint density at radius 3 is 2.36 bits per heavy atom. The Morgan fingerprint density at radius 2 is 1.86 bits per heavy atom. The van der Waals surface area contributed by atoms with Gasteiger partial charge in [0.1, 0.15) is 5.75 Å². The fraction of sp³-hybridized carbons (Fsp3) is 0.455. The van der Waals surface area contributed by atoms with E-state index in [2.05, 4.69) is 0 Å². The third-order valence-electron chi connectivity index (χ3n) is 1.82. The van der Waals surface area contributed by atoms with Gasteiger partial charge in [0.25, 0.3) is 0 Å². The first-order valence-electron chi connectivity index (χ1n) is 4.68. The third kappa shape index (κ3) is 3.99. The van der Waals surface area contributed by atoms with E-state index in [1.54, 1.807) is 19.1 Å². The molecule has 0 heterocycles. The van der Waals surface area contributed by atoms with Gasteiger partial charge in [-0.1, -0.05) is 11.6 Å². The summed E-state index contributed by atoms with van der Waals surface area (Å²) in [5.74, 6) is 0.780. The number of benzene rings is 1. The maximum atomic E-state index is 9.14. The summed E-state index contributed by atoms with van der Waals surface area (Å²) in [4.78, 5) is 0. The van der Waals surface area contributed by atoms with Gasteiger partial charge in [-0.05, 0) is 38.1 Å². The second kappa shape index (κ2) is 5.23. The molecule has 1 N–H and O–H groups in total. The topological polar surface area (TPSA) is 29.5 Å². The summed E-state index contributed by atoms with van der Waals surface area (Å²) in [6.45, 7) is 3.68. The predicted octanol–water partition coefficient (Wildman–Crippen LogP) is 2.88. The molecule has 3 heteroatoms. The summed E-state index contributed by atoms with van der Waals surface area (Å²) in [6, 6.07) is 7.21. The molecule has 0 aliphatic heterocycles. The predicted molar refractivity (Wildman–Crippen MR) is 57.8 cm³/mol. The van der Waals surface area contributed by atoms with Crippen LogP contribution in [0.5, 0.6) is 5.75 Å². The van der Waals surface area contributed by atoms with Crippen molar-refractivity contribution in [2.24, 2.45) is 0 Å². The second-order valence-electron chi connectivity index (χ2n) is 3.47. The lowest BCUT2D eigenvalue weighted by Crippen LogP contribution is -2.18. The summed E-state index contributed by atoms with van der Waals surface area (Å²) in [5, 5.41) is 9.84. The first-order chi connectivity index (χ1) is 6.58. The van der Waals surface area contributed by atoms with E-state index in [0.29, 0.717) is 11.4 Å². The van der Waals surface area contributed by atoms with Crippen molar-refractivity contribution in [3.05, 3.63) is 29.3 Å². The summed E-state index contributed by atoms with van der Waals surface area (Å²) in [7, 11) is 0. The Morgan fingerprint density at radius 1 is 1.29 bits per heavy atom. The minimum atomic E-state index is -0.336. The van der Waals surface area contributed by atoms with Crippen LogP contribution in [0.2, 0.25) is 5.02 Å². The molecule has 14 heavy (non-hydrogen) atoms. The summed E-state index contributed by atoms with van der Waals surface area (Å²) in [5.41, 5.74) is 0. The molecular formula is C11H15ClO2. The SMILES string of the molecule is C[C@@H](O)C[C@H](C)Oc1ccc(Cl)cc1. The molecule has 1 aromatic rings. The Kier molecular flexibility index (Phi) is 4.23. The zero-order chi connectivity index (χ0) is 10.6. The zero-order valence-corrected chi connectivity index (χ0v) is 9.16. The van der Waals surface area contributed by atoms with Gasteiger partial charge in [-0.3, -0.25) is 0 Å². The molecule has 0 saturated heterocycles. The van der Waals surface area contributed by atoms with Crippen LogP contribution in [-0.4, -0.2) is 17.3 Å². The van der Waals surface area contributed by atoms with Gasteiger partial charge in [-0.2, -0.15) is 0 Å². The molecule has 2 nitrogen and oxygen atoms in total. The van der Waals surface area contributed by atoms with Gasteiger partial charge in [0.2, 0.25) is 0 Å². The van der Waals surface area contributed by atoms with Crippen LogP contribution in [0.1, 0.15) is 20.3 Å².